The molecule has 2 heterocycles. The summed E-state index contributed by atoms with van der Waals surface area (Å²) in [6.45, 7) is 0. The van der Waals surface area contributed by atoms with Crippen LogP contribution in [0.3, 0.4) is 0 Å². The SMILES string of the molecule is Nc1cc(CCc2csc3ccccc23)ccn1. The molecular formula is C15H14N2S. The number of thiophene rings is 1. The van der Waals surface area contributed by atoms with Gasteiger partial charge in [-0.1, -0.05) is 18.2 Å². The Morgan fingerprint density at radius 2 is 2.00 bits per heavy atom. The Hall–Kier alpha value is -1.87. The van der Waals surface area contributed by atoms with Crippen LogP contribution >= 0.6 is 11.3 Å². The number of hydrogen-bond acceptors (Lipinski definition) is 3. The Morgan fingerprint density at radius 3 is 2.89 bits per heavy atom. The Kier molecular flexibility index (Phi) is 2.99. The van der Waals surface area contributed by atoms with E-state index in [1.165, 1.54) is 21.2 Å². The van der Waals surface area contributed by atoms with Gasteiger partial charge in [-0.15, -0.1) is 11.3 Å². The van der Waals surface area contributed by atoms with Gasteiger partial charge in [-0.3, -0.25) is 0 Å². The monoisotopic (exact) mass is 254 g/mol. The van der Waals surface area contributed by atoms with E-state index in [4.69, 9.17) is 5.73 Å². The van der Waals surface area contributed by atoms with Crippen LogP contribution in [0.5, 0.6) is 0 Å². The standard InChI is InChI=1S/C15H14N2S/c16-15-9-11(7-8-17-15)5-6-12-10-18-14-4-2-1-3-13(12)14/h1-4,7-10H,5-6H2,(H2,16,17). The molecule has 0 aliphatic heterocycles. The number of nitrogens with two attached hydrogens (primary N) is 1. The van der Waals surface area contributed by atoms with Crippen LogP contribution in [0.2, 0.25) is 0 Å². The number of aryl methyl sites for hydroxylation is 2. The Balaban J connectivity index is 1.81. The van der Waals surface area contributed by atoms with Gasteiger partial charge in [-0.25, -0.2) is 4.98 Å². The quantitative estimate of drug-likeness (QED) is 0.774. The average Bonchev–Trinajstić information content (AvgIpc) is 2.80. The molecule has 3 heteroatoms. The second kappa shape index (κ2) is 4.78. The summed E-state index contributed by atoms with van der Waals surface area (Å²) in [6, 6.07) is 12.5. The predicted molar refractivity (Wildman–Crippen MR) is 77.9 cm³/mol. The summed E-state index contributed by atoms with van der Waals surface area (Å²) < 4.78 is 1.36. The summed E-state index contributed by atoms with van der Waals surface area (Å²) in [6.07, 6.45) is 3.83. The highest BCUT2D eigenvalue weighted by Crippen LogP contribution is 2.26. The van der Waals surface area contributed by atoms with Gasteiger partial charge in [-0.2, -0.15) is 0 Å². The van der Waals surface area contributed by atoms with E-state index in [-0.39, 0.29) is 0 Å². The van der Waals surface area contributed by atoms with Crippen molar-refractivity contribution in [2.75, 3.05) is 5.73 Å². The first kappa shape index (κ1) is 11.2. The molecule has 0 saturated carbocycles. The molecule has 0 radical (unpaired) electrons. The van der Waals surface area contributed by atoms with Crippen LogP contribution in [0, 0.1) is 0 Å². The van der Waals surface area contributed by atoms with Crippen molar-refractivity contribution in [2.45, 2.75) is 12.8 Å². The molecule has 3 aromatic rings. The minimum atomic E-state index is 0.600. The number of nitrogen functional groups attached to an aromatic ring is 1. The molecule has 0 aliphatic rings. The van der Waals surface area contributed by atoms with Crippen LogP contribution in [-0.4, -0.2) is 4.98 Å². The van der Waals surface area contributed by atoms with Crippen LogP contribution < -0.4 is 5.73 Å². The minimum Gasteiger partial charge on any atom is -0.384 e. The molecule has 1 aromatic carbocycles. The average molecular weight is 254 g/mol. The van der Waals surface area contributed by atoms with Crippen LogP contribution in [0.15, 0.2) is 48.0 Å². The summed E-state index contributed by atoms with van der Waals surface area (Å²) in [5.74, 6) is 0.600. The zero-order valence-corrected chi connectivity index (χ0v) is 10.8. The van der Waals surface area contributed by atoms with E-state index < -0.39 is 0 Å². The zero-order valence-electron chi connectivity index (χ0n) is 9.97. The summed E-state index contributed by atoms with van der Waals surface area (Å²) in [5.41, 5.74) is 8.36. The van der Waals surface area contributed by atoms with Gasteiger partial charge >= 0.3 is 0 Å². The highest BCUT2D eigenvalue weighted by atomic mass is 32.1. The maximum atomic E-state index is 5.69. The number of rotatable bonds is 3. The number of pyridine rings is 1. The number of aromatic nitrogens is 1. The molecule has 2 nitrogen and oxygen atoms in total. The summed E-state index contributed by atoms with van der Waals surface area (Å²) >= 11 is 1.82. The Bertz CT molecular complexity index is 673. The van der Waals surface area contributed by atoms with Gasteiger partial charge in [-0.05, 0) is 52.9 Å². The summed E-state index contributed by atoms with van der Waals surface area (Å²) in [4.78, 5) is 4.01. The van der Waals surface area contributed by atoms with Gasteiger partial charge in [0.05, 0.1) is 0 Å². The molecule has 0 unspecified atom stereocenters. The maximum Gasteiger partial charge on any atom is 0.123 e. The summed E-state index contributed by atoms with van der Waals surface area (Å²) in [7, 11) is 0. The van der Waals surface area contributed by atoms with Gasteiger partial charge < -0.3 is 5.73 Å². The second-order valence-corrected chi connectivity index (χ2v) is 5.26. The van der Waals surface area contributed by atoms with Gasteiger partial charge in [0, 0.05) is 10.9 Å². The lowest BCUT2D eigenvalue weighted by atomic mass is 10.0. The first-order valence-corrected chi connectivity index (χ1v) is 6.86. The molecule has 2 aromatic heterocycles. The molecule has 0 aliphatic carbocycles. The van der Waals surface area contributed by atoms with Crippen molar-refractivity contribution < 1.29 is 0 Å². The third-order valence-corrected chi connectivity index (χ3v) is 4.10. The third-order valence-electron chi connectivity index (χ3n) is 3.09. The van der Waals surface area contributed by atoms with Crippen molar-refractivity contribution >= 4 is 27.2 Å². The van der Waals surface area contributed by atoms with Crippen molar-refractivity contribution in [3.8, 4) is 0 Å². The Morgan fingerprint density at radius 1 is 1.11 bits per heavy atom. The number of benzene rings is 1. The second-order valence-electron chi connectivity index (χ2n) is 4.35. The van der Waals surface area contributed by atoms with Crippen LogP contribution in [-0.2, 0) is 12.8 Å². The van der Waals surface area contributed by atoms with E-state index in [2.05, 4.69) is 34.6 Å². The van der Waals surface area contributed by atoms with Crippen molar-refractivity contribution in [3.63, 3.8) is 0 Å². The smallest absolute Gasteiger partial charge is 0.123 e. The minimum absolute atomic E-state index is 0.600. The molecule has 0 saturated heterocycles. The van der Waals surface area contributed by atoms with E-state index >= 15 is 0 Å². The molecule has 0 spiro atoms. The number of fused-ring (bicyclic) bond motifs is 1. The van der Waals surface area contributed by atoms with Gasteiger partial charge in [0.1, 0.15) is 5.82 Å². The first-order valence-electron chi connectivity index (χ1n) is 5.98. The topological polar surface area (TPSA) is 38.9 Å². The lowest BCUT2D eigenvalue weighted by molar-refractivity contribution is 0.969. The molecule has 0 bridgehead atoms. The maximum absolute atomic E-state index is 5.69. The largest absolute Gasteiger partial charge is 0.384 e. The highest BCUT2D eigenvalue weighted by molar-refractivity contribution is 7.17. The summed E-state index contributed by atoms with van der Waals surface area (Å²) in [5, 5.41) is 3.64. The molecule has 3 rings (SSSR count). The fourth-order valence-electron chi connectivity index (χ4n) is 2.16. The van der Waals surface area contributed by atoms with E-state index in [0.717, 1.165) is 12.8 Å². The van der Waals surface area contributed by atoms with Crippen molar-refractivity contribution in [2.24, 2.45) is 0 Å². The van der Waals surface area contributed by atoms with Crippen molar-refractivity contribution in [1.82, 2.24) is 4.98 Å². The van der Waals surface area contributed by atoms with E-state index in [1.807, 2.05) is 23.5 Å². The fraction of sp³-hybridized carbons (Fsp3) is 0.133. The van der Waals surface area contributed by atoms with Crippen molar-refractivity contribution in [1.29, 1.82) is 0 Å². The lowest BCUT2D eigenvalue weighted by Gasteiger charge is -2.02. The van der Waals surface area contributed by atoms with Crippen molar-refractivity contribution in [3.05, 3.63) is 59.1 Å². The first-order chi connectivity index (χ1) is 8.83. The fourth-order valence-corrected chi connectivity index (χ4v) is 3.15. The molecule has 0 atom stereocenters. The number of hydrogen-bond donors (Lipinski definition) is 1. The highest BCUT2D eigenvalue weighted by Gasteiger charge is 2.03. The van der Waals surface area contributed by atoms with Crippen LogP contribution in [0.4, 0.5) is 5.82 Å². The van der Waals surface area contributed by atoms with Gasteiger partial charge in [0.25, 0.3) is 0 Å². The predicted octanol–water partition coefficient (Wildman–Crippen LogP) is 3.66. The molecule has 0 amide bonds. The molecule has 2 N–H and O–H groups in total. The zero-order chi connectivity index (χ0) is 12.4. The molecular weight excluding hydrogens is 240 g/mol. The lowest BCUT2D eigenvalue weighted by Crippen LogP contribution is -1.94. The van der Waals surface area contributed by atoms with Crippen LogP contribution in [0.1, 0.15) is 11.1 Å². The number of nitrogens with zero attached hydrogens (tertiary/aromatic N) is 1. The molecule has 18 heavy (non-hydrogen) atoms. The van der Waals surface area contributed by atoms with Gasteiger partial charge in [0.15, 0.2) is 0 Å². The van der Waals surface area contributed by atoms with E-state index in [9.17, 15) is 0 Å². The Labute approximate surface area is 110 Å². The van der Waals surface area contributed by atoms with E-state index in [1.54, 1.807) is 6.20 Å². The normalized spacial score (nSPS) is 10.9. The number of anilines is 1. The van der Waals surface area contributed by atoms with E-state index in [0.29, 0.717) is 5.82 Å². The van der Waals surface area contributed by atoms with Gasteiger partial charge in [0.2, 0.25) is 0 Å². The third kappa shape index (κ3) is 2.22. The molecule has 90 valence electrons. The van der Waals surface area contributed by atoms with Crippen LogP contribution in [0.25, 0.3) is 10.1 Å². The molecule has 0 fully saturated rings.